The van der Waals surface area contributed by atoms with E-state index in [1.54, 1.807) is 7.05 Å². The Hall–Kier alpha value is -3.79. The number of benzene rings is 1. The third kappa shape index (κ3) is 21.5. The van der Waals surface area contributed by atoms with Crippen LogP contribution in [-0.4, -0.2) is 147 Å². The van der Waals surface area contributed by atoms with Gasteiger partial charge in [-0.15, -0.1) is 0 Å². The Bertz CT molecular complexity index is 1430. The first-order valence-corrected chi connectivity index (χ1v) is 22.3. The second-order valence-corrected chi connectivity index (χ2v) is 15.9. The fourth-order valence-corrected chi connectivity index (χ4v) is 7.11. The van der Waals surface area contributed by atoms with Gasteiger partial charge in [-0.25, -0.2) is 0 Å². The van der Waals surface area contributed by atoms with Crippen LogP contribution in [0.3, 0.4) is 0 Å². The number of primary amides is 1. The van der Waals surface area contributed by atoms with E-state index in [4.69, 9.17) is 25.8 Å². The van der Waals surface area contributed by atoms with Gasteiger partial charge in [0.05, 0.1) is 19.3 Å². The minimum Gasteiger partial charge on any atom is -0.394 e. The van der Waals surface area contributed by atoms with E-state index in [-0.39, 0.29) is 37.6 Å². The number of hydrogen-bond acceptors (Lipinski definition) is 14. The molecule has 0 unspecified atom stereocenters. The smallest absolute Gasteiger partial charge is 0.248 e. The highest BCUT2D eigenvalue weighted by Crippen LogP contribution is 2.32. The molecule has 1 heterocycles. The molecule has 12 N–H and O–H groups in total. The molecule has 0 bridgehead atoms. The van der Waals surface area contributed by atoms with Gasteiger partial charge in [-0.2, -0.15) is 5.06 Å². The number of nitrogens with two attached hydrogens (primary N) is 2. The topological polar surface area (TPSA) is 281 Å². The lowest BCUT2D eigenvalue weighted by atomic mass is 9.87. The largest absolute Gasteiger partial charge is 0.394 e. The van der Waals surface area contributed by atoms with Crippen LogP contribution < -0.4 is 43.4 Å². The normalized spacial score (nSPS) is 20.2. The van der Waals surface area contributed by atoms with Crippen molar-refractivity contribution in [3.8, 4) is 0 Å². The van der Waals surface area contributed by atoms with Gasteiger partial charge in [0.1, 0.15) is 43.2 Å². The molecule has 1 aromatic rings. The first-order valence-electron chi connectivity index (χ1n) is 22.3. The van der Waals surface area contributed by atoms with Gasteiger partial charge in [0, 0.05) is 26.4 Å². The van der Waals surface area contributed by atoms with Gasteiger partial charge < -0.3 is 63.1 Å². The van der Waals surface area contributed by atoms with Crippen molar-refractivity contribution >= 4 is 29.5 Å². The molecule has 0 radical (unpaired) electrons. The summed E-state index contributed by atoms with van der Waals surface area (Å²) >= 11 is 0. The molecule has 8 atom stereocenters. The molecule has 1 aromatic carbocycles. The molecule has 1 saturated heterocycles. The minimum absolute atomic E-state index is 0.243. The molecule has 0 aromatic heterocycles. The quantitative estimate of drug-likeness (QED) is 0.0314. The number of hydroxylamine groups is 2. The highest BCUT2D eigenvalue weighted by atomic mass is 16.7. The van der Waals surface area contributed by atoms with Gasteiger partial charge in [-0.05, 0) is 116 Å². The van der Waals surface area contributed by atoms with Crippen LogP contribution in [0.5, 0.6) is 0 Å². The summed E-state index contributed by atoms with van der Waals surface area (Å²) in [4.78, 5) is 68.0. The predicted octanol–water partition coefficient (Wildman–Crippen LogP) is -0.326. The van der Waals surface area contributed by atoms with Gasteiger partial charge in [0.25, 0.3) is 0 Å². The molecule has 19 nitrogen and oxygen atoms in total. The number of aliphatic hydroxyl groups is 2. The molecule has 2 rings (SSSR count). The Labute approximate surface area is 367 Å². The fourth-order valence-electron chi connectivity index (χ4n) is 7.11. The molecule has 1 fully saturated rings. The summed E-state index contributed by atoms with van der Waals surface area (Å²) in [7, 11) is 1.63. The molecular weight excluding hydrogens is 803 g/mol. The Balaban J connectivity index is 1.62. The van der Waals surface area contributed by atoms with Crippen LogP contribution >= 0.6 is 0 Å². The monoisotopic (exact) mass is 880 g/mol. The molecule has 5 amide bonds. The first-order chi connectivity index (χ1) is 29.8. The molecular formula is C43H77N9O10. The SMILES string of the molecule is CC[C@@H]1[C@@H](O)[C@@H](OCc2ccccc2)[C@@H](CO)O[C@H]1N(C)OCC(=O)NCCCCNCCCC[C@H](NC(C)=O)C(=O)N[C@@H](C)C(=O)N[C@@H](CCCCNCCCCN)C(N)=O. The van der Waals surface area contributed by atoms with Gasteiger partial charge in [0.2, 0.25) is 29.5 Å². The van der Waals surface area contributed by atoms with Crippen molar-refractivity contribution in [1.82, 2.24) is 37.0 Å². The Morgan fingerprint density at radius 2 is 1.44 bits per heavy atom. The van der Waals surface area contributed by atoms with Crippen LogP contribution in [0.2, 0.25) is 0 Å². The molecule has 0 spiro atoms. The van der Waals surface area contributed by atoms with Crippen LogP contribution in [0, 0.1) is 5.92 Å². The van der Waals surface area contributed by atoms with Crippen LogP contribution in [0.4, 0.5) is 0 Å². The number of nitrogens with zero attached hydrogens (tertiary/aromatic N) is 1. The third-order valence-corrected chi connectivity index (χ3v) is 10.7. The van der Waals surface area contributed by atoms with Crippen molar-refractivity contribution in [2.45, 2.75) is 141 Å². The van der Waals surface area contributed by atoms with E-state index in [1.165, 1.54) is 18.9 Å². The first kappa shape index (κ1) is 54.3. The summed E-state index contributed by atoms with van der Waals surface area (Å²) in [6.07, 6.45) is 4.53. The van der Waals surface area contributed by atoms with Crippen LogP contribution in [0.25, 0.3) is 0 Å². The number of nitrogens with one attached hydrogen (secondary N) is 6. The number of carbonyl (C=O) groups excluding carboxylic acids is 5. The highest BCUT2D eigenvalue weighted by Gasteiger charge is 2.46. The number of amides is 5. The van der Waals surface area contributed by atoms with Gasteiger partial charge in [0.15, 0.2) is 0 Å². The lowest BCUT2D eigenvalue weighted by Gasteiger charge is -2.46. The van der Waals surface area contributed by atoms with E-state index in [2.05, 4.69) is 31.9 Å². The number of carbonyl (C=O) groups is 5. The second-order valence-electron chi connectivity index (χ2n) is 15.9. The Morgan fingerprint density at radius 1 is 0.839 bits per heavy atom. The van der Waals surface area contributed by atoms with Crippen molar-refractivity contribution in [2.75, 3.05) is 59.5 Å². The summed E-state index contributed by atoms with van der Waals surface area (Å²) in [5.41, 5.74) is 12.0. The lowest BCUT2D eigenvalue weighted by molar-refractivity contribution is -0.319. The number of ether oxygens (including phenoxy) is 2. The Kier molecular flexibility index (Phi) is 28.0. The summed E-state index contributed by atoms with van der Waals surface area (Å²) in [6.45, 7) is 8.60. The predicted molar refractivity (Wildman–Crippen MR) is 235 cm³/mol. The van der Waals surface area contributed by atoms with E-state index in [9.17, 15) is 34.2 Å². The maximum Gasteiger partial charge on any atom is 0.248 e. The van der Waals surface area contributed by atoms with Gasteiger partial charge in [-0.1, -0.05) is 37.3 Å². The zero-order chi connectivity index (χ0) is 45.7. The maximum absolute atomic E-state index is 13.0. The summed E-state index contributed by atoms with van der Waals surface area (Å²) in [5, 5.41) is 40.1. The number of rotatable bonds is 34. The van der Waals surface area contributed by atoms with Crippen molar-refractivity contribution in [3.05, 3.63) is 35.9 Å². The standard InChI is InChI=1S/C43H77N9O10/c1-5-33-38(56)39(60-28-32-17-7-6-8-18-32)36(27-53)62-43(33)52(4)61-29-37(55)48-26-16-15-25-47-23-13-10-20-35(50-31(3)54)42(59)49-30(2)41(58)51-34(40(45)57)19-9-12-22-46-24-14-11-21-44/h6-8,17-18,30,33-36,38-39,43,46-47,53,56H,5,9-16,19-29,44H2,1-4H3,(H2,45,57)(H,48,55)(H,49,59)(H,50,54)(H,51,58)/t30-,33+,34-,35-,36+,38+,39-,43+/m0/s1. The zero-order valence-electron chi connectivity index (χ0n) is 37.4. The van der Waals surface area contributed by atoms with E-state index < -0.39 is 60.4 Å². The fraction of sp³-hybridized carbons (Fsp3) is 0.744. The van der Waals surface area contributed by atoms with Crippen LogP contribution in [0.15, 0.2) is 30.3 Å². The van der Waals surface area contributed by atoms with E-state index in [0.29, 0.717) is 51.7 Å². The van der Waals surface area contributed by atoms with Crippen LogP contribution in [0.1, 0.15) is 97.0 Å². The van der Waals surface area contributed by atoms with E-state index >= 15 is 0 Å². The summed E-state index contributed by atoms with van der Waals surface area (Å²) in [5.74, 6) is -2.74. The lowest BCUT2D eigenvalue weighted by Crippen LogP contribution is -2.60. The average molecular weight is 880 g/mol. The second kappa shape index (κ2) is 32.0. The van der Waals surface area contributed by atoms with Crippen molar-refractivity contribution in [3.63, 3.8) is 0 Å². The van der Waals surface area contributed by atoms with E-state index in [1.807, 2.05) is 37.3 Å². The number of unbranched alkanes of at least 4 members (excludes halogenated alkanes) is 4. The van der Waals surface area contributed by atoms with Gasteiger partial charge >= 0.3 is 0 Å². The summed E-state index contributed by atoms with van der Waals surface area (Å²) in [6, 6.07) is 6.92. The molecule has 0 saturated carbocycles. The average Bonchev–Trinajstić information content (AvgIpc) is 3.25. The van der Waals surface area contributed by atoms with Crippen molar-refractivity contribution in [2.24, 2.45) is 17.4 Å². The minimum atomic E-state index is -0.953. The van der Waals surface area contributed by atoms with Crippen molar-refractivity contribution < 1.29 is 48.5 Å². The molecule has 0 aliphatic carbocycles. The number of aliphatic hydroxyl groups excluding tert-OH is 2. The highest BCUT2D eigenvalue weighted by molar-refractivity contribution is 5.93. The maximum atomic E-state index is 13.0. The van der Waals surface area contributed by atoms with Crippen LogP contribution in [-0.2, 0) is 44.9 Å². The molecule has 1 aliphatic heterocycles. The van der Waals surface area contributed by atoms with Crippen molar-refractivity contribution in [1.29, 1.82) is 0 Å². The molecule has 19 heteroatoms. The number of hydrogen-bond donors (Lipinski definition) is 10. The zero-order valence-corrected chi connectivity index (χ0v) is 37.4. The molecule has 62 heavy (non-hydrogen) atoms. The summed E-state index contributed by atoms with van der Waals surface area (Å²) < 4.78 is 12.1. The van der Waals surface area contributed by atoms with Gasteiger partial charge in [-0.3, -0.25) is 28.8 Å². The molecule has 1 aliphatic rings. The Morgan fingerprint density at radius 3 is 2.02 bits per heavy atom. The molecule has 354 valence electrons. The van der Waals surface area contributed by atoms with E-state index in [0.717, 1.165) is 63.7 Å². The third-order valence-electron chi connectivity index (χ3n) is 10.7.